The highest BCUT2D eigenvalue weighted by atomic mass is 32.2. The first-order chi connectivity index (χ1) is 12.8. The van der Waals surface area contributed by atoms with Crippen LogP contribution in [0.5, 0.6) is 0 Å². The molecule has 0 saturated heterocycles. The highest BCUT2D eigenvalue weighted by molar-refractivity contribution is 8.00. The third-order valence-corrected chi connectivity index (χ3v) is 4.69. The summed E-state index contributed by atoms with van der Waals surface area (Å²) in [5, 5.41) is 5.21. The van der Waals surface area contributed by atoms with Crippen molar-refractivity contribution in [1.82, 2.24) is 5.32 Å². The van der Waals surface area contributed by atoms with Crippen LogP contribution in [0.15, 0.2) is 29.2 Å². The predicted octanol–water partition coefficient (Wildman–Crippen LogP) is 6.04. The fourth-order valence-corrected chi connectivity index (χ4v) is 3.07. The molecule has 8 heteroatoms. The maximum atomic E-state index is 12.4. The molecule has 4 nitrogen and oxygen atoms in total. The van der Waals surface area contributed by atoms with Crippen LogP contribution in [0, 0.1) is 5.92 Å². The summed E-state index contributed by atoms with van der Waals surface area (Å²) in [5.41, 5.74) is -4.03. The van der Waals surface area contributed by atoms with Gasteiger partial charge in [-0.3, -0.25) is 0 Å². The maximum Gasteiger partial charge on any atom is 0.446 e. The zero-order chi connectivity index (χ0) is 20.1. The molecule has 1 unspecified atom stereocenters. The lowest BCUT2D eigenvalue weighted by atomic mass is 10.0. The van der Waals surface area contributed by atoms with Crippen molar-refractivity contribution in [3.8, 4) is 0 Å². The van der Waals surface area contributed by atoms with Crippen LogP contribution in [-0.2, 0) is 4.74 Å². The van der Waals surface area contributed by atoms with Gasteiger partial charge in [0.25, 0.3) is 0 Å². The Balaban J connectivity index is 2.21. The smallest absolute Gasteiger partial charge is 0.381 e. The zero-order valence-corrected chi connectivity index (χ0v) is 16.7. The number of carbonyl (C=O) groups is 1. The van der Waals surface area contributed by atoms with E-state index in [0.717, 1.165) is 13.0 Å². The monoisotopic (exact) mass is 406 g/mol. The molecule has 0 heterocycles. The molecule has 1 aromatic rings. The number of amides is 2. The molecule has 0 aromatic heterocycles. The Kier molecular flexibility index (Phi) is 11.3. The molecule has 154 valence electrons. The van der Waals surface area contributed by atoms with Crippen molar-refractivity contribution in [2.24, 2.45) is 5.92 Å². The van der Waals surface area contributed by atoms with Gasteiger partial charge in [-0.25, -0.2) is 4.79 Å². The zero-order valence-electron chi connectivity index (χ0n) is 15.9. The molecule has 2 N–H and O–H groups in total. The van der Waals surface area contributed by atoms with Crippen LogP contribution in [-0.4, -0.2) is 31.3 Å². The topological polar surface area (TPSA) is 50.4 Å². The minimum atomic E-state index is -4.35. The van der Waals surface area contributed by atoms with Gasteiger partial charge in [0.15, 0.2) is 0 Å². The van der Waals surface area contributed by atoms with Gasteiger partial charge < -0.3 is 15.4 Å². The molecule has 0 spiro atoms. The normalized spacial score (nSPS) is 12.6. The van der Waals surface area contributed by atoms with Crippen LogP contribution in [0.4, 0.5) is 23.7 Å². The van der Waals surface area contributed by atoms with Crippen molar-refractivity contribution in [2.75, 3.05) is 25.1 Å². The summed E-state index contributed by atoms with van der Waals surface area (Å²) in [4.78, 5) is 11.9. The second kappa shape index (κ2) is 12.9. The van der Waals surface area contributed by atoms with E-state index in [1.807, 2.05) is 0 Å². The SMILES string of the molecule is CCCCC(CC)COCCCNC(=O)Nc1cccc(SC(F)(F)F)c1. The van der Waals surface area contributed by atoms with Gasteiger partial charge in [0.2, 0.25) is 0 Å². The van der Waals surface area contributed by atoms with Gasteiger partial charge in [-0.15, -0.1) is 0 Å². The molecule has 1 atom stereocenters. The van der Waals surface area contributed by atoms with Crippen molar-refractivity contribution in [3.05, 3.63) is 24.3 Å². The first-order valence-electron chi connectivity index (χ1n) is 9.32. The molecule has 27 heavy (non-hydrogen) atoms. The number of carbonyl (C=O) groups excluding carboxylic acids is 1. The Bertz CT molecular complexity index is 556. The number of thioether (sulfide) groups is 1. The highest BCUT2D eigenvalue weighted by Gasteiger charge is 2.29. The number of hydrogen-bond acceptors (Lipinski definition) is 3. The second-order valence-electron chi connectivity index (χ2n) is 6.30. The molecule has 1 aromatic carbocycles. The van der Waals surface area contributed by atoms with Gasteiger partial charge >= 0.3 is 11.5 Å². The quantitative estimate of drug-likeness (QED) is 0.328. The number of hydrogen-bond donors (Lipinski definition) is 2. The fourth-order valence-electron chi connectivity index (χ4n) is 2.47. The largest absolute Gasteiger partial charge is 0.446 e. The maximum absolute atomic E-state index is 12.4. The van der Waals surface area contributed by atoms with Crippen LogP contribution in [0.3, 0.4) is 0 Å². The molecule has 0 radical (unpaired) electrons. The summed E-state index contributed by atoms with van der Waals surface area (Å²) < 4.78 is 42.8. The number of ether oxygens (including phenoxy) is 1. The molecule has 0 aliphatic carbocycles. The molecule has 0 saturated carbocycles. The summed E-state index contributed by atoms with van der Waals surface area (Å²) >= 11 is -0.210. The molecule has 2 amide bonds. The number of alkyl halides is 3. The van der Waals surface area contributed by atoms with Crippen LogP contribution in [0.2, 0.25) is 0 Å². The number of benzene rings is 1. The van der Waals surface area contributed by atoms with E-state index in [1.165, 1.54) is 37.5 Å². The van der Waals surface area contributed by atoms with Gasteiger partial charge in [-0.2, -0.15) is 13.2 Å². The van der Waals surface area contributed by atoms with E-state index in [4.69, 9.17) is 4.74 Å². The fraction of sp³-hybridized carbons (Fsp3) is 0.632. The van der Waals surface area contributed by atoms with Crippen LogP contribution in [0.1, 0.15) is 46.0 Å². The van der Waals surface area contributed by atoms with E-state index in [9.17, 15) is 18.0 Å². The Morgan fingerprint density at radius 2 is 2.04 bits per heavy atom. The molecule has 0 aliphatic heterocycles. The predicted molar refractivity (Wildman–Crippen MR) is 104 cm³/mol. The van der Waals surface area contributed by atoms with Crippen molar-refractivity contribution >= 4 is 23.5 Å². The third kappa shape index (κ3) is 11.8. The van der Waals surface area contributed by atoms with E-state index in [1.54, 1.807) is 6.07 Å². The number of nitrogens with one attached hydrogen (secondary N) is 2. The highest BCUT2D eigenvalue weighted by Crippen LogP contribution is 2.37. The summed E-state index contributed by atoms with van der Waals surface area (Å²) in [6.07, 6.45) is 5.37. The third-order valence-electron chi connectivity index (χ3n) is 3.97. The van der Waals surface area contributed by atoms with E-state index in [0.29, 0.717) is 31.2 Å². The molecule has 0 bridgehead atoms. The van der Waals surface area contributed by atoms with Crippen molar-refractivity contribution in [3.63, 3.8) is 0 Å². The first kappa shape index (κ1) is 23.6. The average Bonchev–Trinajstić information content (AvgIpc) is 2.59. The molecule has 0 fully saturated rings. The van der Waals surface area contributed by atoms with Crippen LogP contribution < -0.4 is 10.6 Å². The lowest BCUT2D eigenvalue weighted by Crippen LogP contribution is -2.30. The lowest BCUT2D eigenvalue weighted by Gasteiger charge is -2.14. The number of urea groups is 1. The molecular weight excluding hydrogens is 377 g/mol. The van der Waals surface area contributed by atoms with Gasteiger partial charge in [0.05, 0.1) is 0 Å². The van der Waals surface area contributed by atoms with E-state index in [-0.39, 0.29) is 16.7 Å². The van der Waals surface area contributed by atoms with Gasteiger partial charge in [0.1, 0.15) is 0 Å². The van der Waals surface area contributed by atoms with Gasteiger partial charge in [-0.05, 0) is 48.7 Å². The van der Waals surface area contributed by atoms with E-state index in [2.05, 4.69) is 24.5 Å². The molecule has 0 aliphatic rings. The minimum Gasteiger partial charge on any atom is -0.381 e. The van der Waals surface area contributed by atoms with E-state index < -0.39 is 11.5 Å². The Morgan fingerprint density at radius 1 is 1.26 bits per heavy atom. The Labute approximate surface area is 163 Å². The average molecular weight is 407 g/mol. The van der Waals surface area contributed by atoms with Crippen molar-refractivity contribution in [1.29, 1.82) is 0 Å². The number of halogens is 3. The lowest BCUT2D eigenvalue weighted by molar-refractivity contribution is -0.0328. The Hall–Kier alpha value is -1.41. The van der Waals surface area contributed by atoms with Crippen LogP contribution in [0.25, 0.3) is 0 Å². The summed E-state index contributed by atoms with van der Waals surface area (Å²) in [7, 11) is 0. The van der Waals surface area contributed by atoms with Crippen LogP contribution >= 0.6 is 11.8 Å². The van der Waals surface area contributed by atoms with Gasteiger partial charge in [0, 0.05) is 30.3 Å². The van der Waals surface area contributed by atoms with Gasteiger partial charge in [-0.1, -0.05) is 39.2 Å². The number of unbranched alkanes of at least 4 members (excludes halogenated alkanes) is 1. The number of anilines is 1. The van der Waals surface area contributed by atoms with Crippen molar-refractivity contribution in [2.45, 2.75) is 56.4 Å². The minimum absolute atomic E-state index is 0.0299. The summed E-state index contributed by atoms with van der Waals surface area (Å²) in [5.74, 6) is 0.586. The Morgan fingerprint density at radius 3 is 2.70 bits per heavy atom. The summed E-state index contributed by atoms with van der Waals surface area (Å²) in [6.45, 7) is 6.09. The standard InChI is InChI=1S/C19H29F3N2O2S/c1-3-5-8-15(4-2)14-26-12-7-11-23-18(25)24-16-9-6-10-17(13-16)27-19(20,21)22/h6,9-10,13,15H,3-5,7-8,11-12,14H2,1-2H3,(H2,23,24,25). The molecule has 1 rings (SSSR count). The second-order valence-corrected chi connectivity index (χ2v) is 7.44. The summed E-state index contributed by atoms with van der Waals surface area (Å²) in [6, 6.07) is 5.22. The van der Waals surface area contributed by atoms with E-state index >= 15 is 0 Å². The van der Waals surface area contributed by atoms with Crippen molar-refractivity contribution < 1.29 is 22.7 Å². The first-order valence-corrected chi connectivity index (χ1v) is 10.1. The molecular formula is C19H29F3N2O2S. The number of rotatable bonds is 12.